The van der Waals surface area contributed by atoms with Gasteiger partial charge in [-0.15, -0.1) is 0 Å². The lowest BCUT2D eigenvalue weighted by molar-refractivity contribution is -0.180. The minimum atomic E-state index is -4.63. The minimum Gasteiger partial charge on any atom is -0.464 e. The second-order valence-electron chi connectivity index (χ2n) is 14.5. The van der Waals surface area contributed by atoms with Crippen molar-refractivity contribution in [3.63, 3.8) is 0 Å². The van der Waals surface area contributed by atoms with E-state index in [4.69, 9.17) is 33.7 Å². The van der Waals surface area contributed by atoms with Crippen molar-refractivity contribution in [3.8, 4) is 12.0 Å². The van der Waals surface area contributed by atoms with Crippen molar-refractivity contribution in [3.05, 3.63) is 66.1 Å². The summed E-state index contributed by atoms with van der Waals surface area (Å²) in [5.74, 6) is -1.70. The van der Waals surface area contributed by atoms with Crippen molar-refractivity contribution < 1.29 is 46.9 Å². The topological polar surface area (TPSA) is 216 Å². The van der Waals surface area contributed by atoms with Crippen LogP contribution in [0.15, 0.2) is 54.9 Å². The SMILES string of the molecule is CCC(=O)O[C@H]([C@@H](COP(=O)(N[C@@H](C)C(=O)OCC(CC)CC)Oc1ccc(C(C)(C)C)c2ccccc12)OC#N)[C@@H](OC(=O)CC)c1ccc2c(N)ncnn12. The van der Waals surface area contributed by atoms with E-state index in [2.05, 4.69) is 35.9 Å². The van der Waals surface area contributed by atoms with Crippen molar-refractivity contribution >= 4 is 47.8 Å². The number of rotatable bonds is 20. The van der Waals surface area contributed by atoms with Crippen LogP contribution < -0.4 is 15.3 Å². The summed E-state index contributed by atoms with van der Waals surface area (Å²) < 4.78 is 51.3. The molecule has 0 amide bonds. The van der Waals surface area contributed by atoms with Gasteiger partial charge in [-0.1, -0.05) is 91.6 Å². The van der Waals surface area contributed by atoms with Crippen molar-refractivity contribution in [2.75, 3.05) is 18.9 Å². The standard InChI is InChI=1S/C40H53N6O10P/c1-9-26(10-2)21-51-39(49)25(5)45-57(50,56-32-20-17-29(40(6,7)8)27-15-13-14-16-28(27)32)53-22-33(52-23-41)37(55-35(48)12-4)36(54-34(47)11-3)30-18-19-31-38(42)43-24-44-46(30)31/h13-20,24-26,33,36-37H,9-12,21-22H2,1-8H3,(H,45,50)(H2,42,43,44)/t25-,33+,36-,37+,57?/m0/s1. The van der Waals surface area contributed by atoms with Crippen LogP contribution in [-0.2, 0) is 47.8 Å². The van der Waals surface area contributed by atoms with E-state index >= 15 is 0 Å². The Labute approximate surface area is 332 Å². The van der Waals surface area contributed by atoms with Gasteiger partial charge in [0.15, 0.2) is 24.1 Å². The molecule has 17 heteroatoms. The summed E-state index contributed by atoms with van der Waals surface area (Å²) in [6, 6.07) is 12.9. The second kappa shape index (κ2) is 19.8. The van der Waals surface area contributed by atoms with Gasteiger partial charge in [-0.05, 0) is 47.4 Å². The van der Waals surface area contributed by atoms with E-state index in [1.807, 2.05) is 44.2 Å². The van der Waals surface area contributed by atoms with Crippen LogP contribution in [0.1, 0.15) is 98.4 Å². The molecule has 2 aromatic carbocycles. The summed E-state index contributed by atoms with van der Waals surface area (Å²) in [5, 5.41) is 18.3. The largest absolute Gasteiger partial charge is 0.464 e. The van der Waals surface area contributed by atoms with E-state index in [-0.39, 0.29) is 48.0 Å². The number of nitriles is 1. The fourth-order valence-corrected chi connectivity index (χ4v) is 7.60. The Morgan fingerprint density at radius 1 is 0.947 bits per heavy atom. The first-order chi connectivity index (χ1) is 27.1. The molecule has 0 radical (unpaired) electrons. The Balaban J connectivity index is 1.79. The predicted octanol–water partition coefficient (Wildman–Crippen LogP) is 7.11. The van der Waals surface area contributed by atoms with Gasteiger partial charge in [0, 0.05) is 18.2 Å². The number of aromatic nitrogens is 3. The average molecular weight is 809 g/mol. The lowest BCUT2D eigenvalue weighted by atomic mass is 9.83. The first kappa shape index (κ1) is 44.5. The highest BCUT2D eigenvalue weighted by molar-refractivity contribution is 7.52. The smallest absolute Gasteiger partial charge is 0.459 e. The number of hydrogen-bond acceptors (Lipinski definition) is 14. The molecule has 0 saturated heterocycles. The maximum absolute atomic E-state index is 15.0. The van der Waals surface area contributed by atoms with Crippen LogP contribution in [0.4, 0.5) is 5.82 Å². The van der Waals surface area contributed by atoms with Crippen LogP contribution in [0, 0.1) is 17.4 Å². The second-order valence-corrected chi connectivity index (χ2v) is 16.2. The molecule has 0 spiro atoms. The third-order valence-electron chi connectivity index (χ3n) is 9.42. The molecule has 3 N–H and O–H groups in total. The lowest BCUT2D eigenvalue weighted by Crippen LogP contribution is -2.43. The van der Waals surface area contributed by atoms with Gasteiger partial charge in [0.05, 0.1) is 12.3 Å². The van der Waals surface area contributed by atoms with Crippen molar-refractivity contribution in [1.82, 2.24) is 19.7 Å². The maximum Gasteiger partial charge on any atom is 0.459 e. The highest BCUT2D eigenvalue weighted by atomic mass is 31.2. The van der Waals surface area contributed by atoms with Crippen molar-refractivity contribution in [1.29, 1.82) is 5.26 Å². The number of carbonyl (C=O) groups excluding carboxylic acids is 3. The zero-order valence-corrected chi connectivity index (χ0v) is 34.6. The van der Waals surface area contributed by atoms with Crippen LogP contribution in [0.3, 0.4) is 0 Å². The number of fused-ring (bicyclic) bond motifs is 2. The number of nitrogen functional groups attached to an aromatic ring is 1. The van der Waals surface area contributed by atoms with E-state index in [0.717, 1.165) is 23.8 Å². The number of benzene rings is 2. The van der Waals surface area contributed by atoms with Gasteiger partial charge in [0.1, 0.15) is 30.2 Å². The van der Waals surface area contributed by atoms with Gasteiger partial charge < -0.3 is 29.2 Å². The Hall–Kier alpha value is -5.23. The highest BCUT2D eigenvalue weighted by Crippen LogP contribution is 2.48. The molecule has 308 valence electrons. The van der Waals surface area contributed by atoms with Crippen LogP contribution in [-0.4, -0.2) is 64.0 Å². The van der Waals surface area contributed by atoms with Gasteiger partial charge >= 0.3 is 25.7 Å². The third-order valence-corrected chi connectivity index (χ3v) is 11.0. The summed E-state index contributed by atoms with van der Waals surface area (Å²) in [6.07, 6.45) is -0.388. The normalized spacial score (nSPS) is 14.9. The van der Waals surface area contributed by atoms with E-state index in [1.54, 1.807) is 38.3 Å². The monoisotopic (exact) mass is 808 g/mol. The fourth-order valence-electron chi connectivity index (χ4n) is 6.08. The van der Waals surface area contributed by atoms with Crippen LogP contribution in [0.2, 0.25) is 0 Å². The third kappa shape index (κ3) is 11.2. The number of nitrogens with two attached hydrogens (primary N) is 1. The first-order valence-electron chi connectivity index (χ1n) is 19.0. The number of ether oxygens (including phenoxy) is 4. The number of nitrogens with one attached hydrogen (secondary N) is 1. The predicted molar refractivity (Wildman–Crippen MR) is 212 cm³/mol. The van der Waals surface area contributed by atoms with Gasteiger partial charge in [0.25, 0.3) is 6.26 Å². The molecule has 1 unspecified atom stereocenters. The Morgan fingerprint density at radius 2 is 1.61 bits per heavy atom. The zero-order valence-electron chi connectivity index (χ0n) is 33.7. The Morgan fingerprint density at radius 3 is 2.25 bits per heavy atom. The molecule has 0 saturated carbocycles. The molecule has 0 aliphatic heterocycles. The molecule has 5 atom stereocenters. The van der Waals surface area contributed by atoms with Gasteiger partial charge in [0.2, 0.25) is 0 Å². The van der Waals surface area contributed by atoms with Crippen molar-refractivity contribution in [2.45, 2.75) is 111 Å². The number of hydrogen-bond donors (Lipinski definition) is 2. The molecular formula is C40H53N6O10P. The maximum atomic E-state index is 15.0. The molecule has 0 aliphatic rings. The van der Waals surface area contributed by atoms with Gasteiger partial charge in [-0.25, -0.2) is 14.1 Å². The molecule has 0 bridgehead atoms. The molecule has 4 aromatic rings. The number of carbonyl (C=O) groups is 3. The Bertz CT molecular complexity index is 2110. The summed E-state index contributed by atoms with van der Waals surface area (Å²) in [4.78, 5) is 43.1. The quantitative estimate of drug-likeness (QED) is 0.0394. The fraction of sp³-hybridized carbons (Fsp3) is 0.500. The average Bonchev–Trinajstić information content (AvgIpc) is 3.62. The summed E-state index contributed by atoms with van der Waals surface area (Å²) in [6.45, 7) is 14.2. The van der Waals surface area contributed by atoms with E-state index in [0.29, 0.717) is 10.9 Å². The molecule has 2 heterocycles. The number of anilines is 1. The molecular weight excluding hydrogens is 755 g/mol. The molecule has 2 aromatic heterocycles. The molecule has 4 rings (SSSR count). The van der Waals surface area contributed by atoms with Gasteiger partial charge in [-0.2, -0.15) is 15.4 Å². The number of esters is 3. The van der Waals surface area contributed by atoms with E-state index in [1.165, 1.54) is 17.8 Å². The Kier molecular flexibility index (Phi) is 15.4. The number of nitrogens with zero attached hydrogens (tertiary/aromatic N) is 4. The van der Waals surface area contributed by atoms with E-state index in [9.17, 15) is 24.2 Å². The molecule has 0 aliphatic carbocycles. The van der Waals surface area contributed by atoms with Crippen molar-refractivity contribution in [2.24, 2.45) is 5.92 Å². The molecule has 16 nitrogen and oxygen atoms in total. The minimum absolute atomic E-state index is 0.0637. The van der Waals surface area contributed by atoms with Crippen LogP contribution in [0.25, 0.3) is 16.3 Å². The summed E-state index contributed by atoms with van der Waals surface area (Å²) in [5.41, 5.74) is 7.38. The van der Waals surface area contributed by atoms with E-state index < -0.39 is 56.6 Å². The summed E-state index contributed by atoms with van der Waals surface area (Å²) in [7, 11) is -4.63. The summed E-state index contributed by atoms with van der Waals surface area (Å²) >= 11 is 0. The molecule has 57 heavy (non-hydrogen) atoms. The highest BCUT2D eigenvalue weighted by Gasteiger charge is 2.43. The van der Waals surface area contributed by atoms with Crippen LogP contribution in [0.5, 0.6) is 5.75 Å². The first-order valence-corrected chi connectivity index (χ1v) is 20.6. The zero-order chi connectivity index (χ0) is 41.9. The molecule has 0 fully saturated rings. The lowest BCUT2D eigenvalue weighted by Gasteiger charge is -2.32. The van der Waals surface area contributed by atoms with Crippen LogP contribution >= 0.6 is 7.75 Å². The van der Waals surface area contributed by atoms with Gasteiger partial charge in [-0.3, -0.25) is 18.9 Å².